The Bertz CT molecular complexity index is 524. The number of nitrogens with one attached hydrogen (secondary N) is 1. The SMILES string of the molecule is CC(CN1CCCC1)NS(=O)(=O)c1ccc(CN)cn1. The second kappa shape index (κ2) is 6.62. The van der Waals surface area contributed by atoms with Gasteiger partial charge in [-0.2, -0.15) is 0 Å². The zero-order valence-electron chi connectivity index (χ0n) is 11.7. The van der Waals surface area contributed by atoms with Crippen molar-refractivity contribution in [1.29, 1.82) is 0 Å². The predicted molar refractivity (Wildman–Crippen MR) is 77.6 cm³/mol. The minimum absolute atomic E-state index is 0.0444. The summed E-state index contributed by atoms with van der Waals surface area (Å²) >= 11 is 0. The van der Waals surface area contributed by atoms with Crippen LogP contribution in [0.15, 0.2) is 23.4 Å². The first-order valence-corrected chi connectivity index (χ1v) is 8.39. The number of rotatable bonds is 6. The Labute approximate surface area is 120 Å². The van der Waals surface area contributed by atoms with Gasteiger partial charge in [-0.15, -0.1) is 0 Å². The van der Waals surface area contributed by atoms with Crippen LogP contribution in [0.2, 0.25) is 0 Å². The summed E-state index contributed by atoms with van der Waals surface area (Å²) in [6.45, 7) is 5.07. The van der Waals surface area contributed by atoms with E-state index in [0.29, 0.717) is 6.54 Å². The lowest BCUT2D eigenvalue weighted by atomic mass is 10.3. The summed E-state index contributed by atoms with van der Waals surface area (Å²) in [5.41, 5.74) is 6.28. The molecule has 0 amide bonds. The van der Waals surface area contributed by atoms with Crippen LogP contribution in [0.5, 0.6) is 0 Å². The van der Waals surface area contributed by atoms with Crippen LogP contribution >= 0.6 is 0 Å². The highest BCUT2D eigenvalue weighted by Gasteiger charge is 2.21. The van der Waals surface area contributed by atoms with Crippen LogP contribution in [0.4, 0.5) is 0 Å². The minimum Gasteiger partial charge on any atom is -0.326 e. The highest BCUT2D eigenvalue weighted by Crippen LogP contribution is 2.10. The van der Waals surface area contributed by atoms with Crippen LogP contribution in [0.3, 0.4) is 0 Å². The van der Waals surface area contributed by atoms with Crippen LogP contribution in [0.1, 0.15) is 25.3 Å². The third-order valence-electron chi connectivity index (χ3n) is 3.40. The Morgan fingerprint density at radius 3 is 2.65 bits per heavy atom. The Kier molecular flexibility index (Phi) is 5.09. The van der Waals surface area contributed by atoms with E-state index in [0.717, 1.165) is 25.2 Å². The minimum atomic E-state index is -3.55. The molecule has 0 saturated carbocycles. The molecular weight excluding hydrogens is 276 g/mol. The molecule has 6 nitrogen and oxygen atoms in total. The van der Waals surface area contributed by atoms with E-state index in [9.17, 15) is 8.42 Å². The average Bonchev–Trinajstić information content (AvgIpc) is 2.91. The third-order valence-corrected chi connectivity index (χ3v) is 4.90. The normalized spacial score (nSPS) is 18.3. The quantitative estimate of drug-likeness (QED) is 0.789. The monoisotopic (exact) mass is 298 g/mol. The fourth-order valence-corrected chi connectivity index (χ4v) is 3.57. The van der Waals surface area contributed by atoms with Crippen LogP contribution < -0.4 is 10.5 Å². The first-order valence-electron chi connectivity index (χ1n) is 6.91. The lowest BCUT2D eigenvalue weighted by molar-refractivity contribution is 0.312. The van der Waals surface area contributed by atoms with Crippen LogP contribution in [0.25, 0.3) is 0 Å². The van der Waals surface area contributed by atoms with E-state index in [2.05, 4.69) is 14.6 Å². The van der Waals surface area contributed by atoms with E-state index in [4.69, 9.17) is 5.73 Å². The largest absolute Gasteiger partial charge is 0.326 e. The maximum atomic E-state index is 12.2. The van der Waals surface area contributed by atoms with Gasteiger partial charge in [0.2, 0.25) is 0 Å². The van der Waals surface area contributed by atoms with Crippen molar-refractivity contribution in [2.75, 3.05) is 19.6 Å². The third kappa shape index (κ3) is 3.99. The molecule has 3 N–H and O–H groups in total. The molecule has 7 heteroatoms. The van der Waals surface area contributed by atoms with Gasteiger partial charge in [0.05, 0.1) is 0 Å². The molecule has 1 aliphatic heterocycles. The maximum Gasteiger partial charge on any atom is 0.258 e. The van der Waals surface area contributed by atoms with Crippen molar-refractivity contribution in [3.63, 3.8) is 0 Å². The summed E-state index contributed by atoms with van der Waals surface area (Å²) in [5.74, 6) is 0. The van der Waals surface area contributed by atoms with Crippen LogP contribution in [0, 0.1) is 0 Å². The molecule has 1 unspecified atom stereocenters. The highest BCUT2D eigenvalue weighted by atomic mass is 32.2. The first-order chi connectivity index (χ1) is 9.51. The van der Waals surface area contributed by atoms with Gasteiger partial charge in [0, 0.05) is 25.3 Å². The van der Waals surface area contributed by atoms with Gasteiger partial charge in [-0.25, -0.2) is 18.1 Å². The molecule has 0 aromatic carbocycles. The van der Waals surface area contributed by atoms with E-state index in [-0.39, 0.29) is 11.1 Å². The molecule has 1 aromatic rings. The molecule has 0 bridgehead atoms. The molecule has 1 fully saturated rings. The lowest BCUT2D eigenvalue weighted by Crippen LogP contribution is -2.41. The Balaban J connectivity index is 1.98. The number of aromatic nitrogens is 1. The van der Waals surface area contributed by atoms with Crippen molar-refractivity contribution >= 4 is 10.0 Å². The first kappa shape index (κ1) is 15.4. The summed E-state index contributed by atoms with van der Waals surface area (Å²) in [6, 6.07) is 3.05. The van der Waals surface area contributed by atoms with Gasteiger partial charge in [-0.3, -0.25) is 0 Å². The van der Waals surface area contributed by atoms with Gasteiger partial charge in [-0.05, 0) is 44.5 Å². The Morgan fingerprint density at radius 1 is 1.40 bits per heavy atom. The zero-order chi connectivity index (χ0) is 14.6. The second-order valence-corrected chi connectivity index (χ2v) is 6.90. The van der Waals surface area contributed by atoms with Crippen LogP contribution in [-0.2, 0) is 16.6 Å². The molecule has 0 spiro atoms. The van der Waals surface area contributed by atoms with Gasteiger partial charge in [-0.1, -0.05) is 6.07 Å². The highest BCUT2D eigenvalue weighted by molar-refractivity contribution is 7.89. The van der Waals surface area contributed by atoms with E-state index in [1.165, 1.54) is 25.1 Å². The topological polar surface area (TPSA) is 88.3 Å². The van der Waals surface area contributed by atoms with Crippen LogP contribution in [-0.4, -0.2) is 44.0 Å². The fourth-order valence-electron chi connectivity index (χ4n) is 2.41. The summed E-state index contributed by atoms with van der Waals surface area (Å²) in [5, 5.41) is 0.0444. The maximum absolute atomic E-state index is 12.2. The Hall–Kier alpha value is -1.02. The molecule has 2 heterocycles. The molecule has 20 heavy (non-hydrogen) atoms. The van der Waals surface area contributed by atoms with Crippen molar-refractivity contribution in [3.8, 4) is 0 Å². The lowest BCUT2D eigenvalue weighted by Gasteiger charge is -2.20. The standard InChI is InChI=1S/C13H22N4O2S/c1-11(10-17-6-2-3-7-17)16-20(18,19)13-5-4-12(8-14)9-15-13/h4-5,9,11,16H,2-3,6-8,10,14H2,1H3. The van der Waals surface area contributed by atoms with E-state index >= 15 is 0 Å². The molecular formula is C13H22N4O2S. The van der Waals surface area contributed by atoms with Gasteiger partial charge in [0.15, 0.2) is 5.03 Å². The van der Waals surface area contributed by atoms with Crippen molar-refractivity contribution in [1.82, 2.24) is 14.6 Å². The molecule has 1 aromatic heterocycles. The van der Waals surface area contributed by atoms with E-state index < -0.39 is 10.0 Å². The Morgan fingerprint density at radius 2 is 2.10 bits per heavy atom. The smallest absolute Gasteiger partial charge is 0.258 e. The molecule has 1 atom stereocenters. The number of hydrogen-bond acceptors (Lipinski definition) is 5. The van der Waals surface area contributed by atoms with Gasteiger partial charge >= 0.3 is 0 Å². The van der Waals surface area contributed by atoms with Crippen molar-refractivity contribution in [2.24, 2.45) is 5.73 Å². The van der Waals surface area contributed by atoms with Crippen molar-refractivity contribution in [2.45, 2.75) is 37.4 Å². The average molecular weight is 298 g/mol. The molecule has 112 valence electrons. The summed E-state index contributed by atoms with van der Waals surface area (Å²) < 4.78 is 27.1. The van der Waals surface area contributed by atoms with Gasteiger partial charge < -0.3 is 10.6 Å². The number of likely N-dealkylation sites (tertiary alicyclic amines) is 1. The van der Waals surface area contributed by atoms with Crippen molar-refractivity contribution < 1.29 is 8.42 Å². The number of sulfonamides is 1. The van der Waals surface area contributed by atoms with E-state index in [1.807, 2.05) is 6.92 Å². The van der Waals surface area contributed by atoms with Gasteiger partial charge in [0.25, 0.3) is 10.0 Å². The summed E-state index contributed by atoms with van der Waals surface area (Å²) in [4.78, 5) is 6.24. The number of nitrogens with zero attached hydrogens (tertiary/aromatic N) is 2. The fraction of sp³-hybridized carbons (Fsp3) is 0.615. The number of pyridine rings is 1. The molecule has 0 aliphatic carbocycles. The van der Waals surface area contributed by atoms with Gasteiger partial charge in [0.1, 0.15) is 0 Å². The van der Waals surface area contributed by atoms with Crippen molar-refractivity contribution in [3.05, 3.63) is 23.9 Å². The van der Waals surface area contributed by atoms with E-state index in [1.54, 1.807) is 6.07 Å². The second-order valence-electron chi connectivity index (χ2n) is 5.24. The summed E-state index contributed by atoms with van der Waals surface area (Å²) in [7, 11) is -3.55. The molecule has 1 aliphatic rings. The molecule has 0 radical (unpaired) electrons. The predicted octanol–water partition coefficient (Wildman–Crippen LogP) is 0.303. The zero-order valence-corrected chi connectivity index (χ0v) is 12.6. The number of nitrogens with two attached hydrogens (primary N) is 1. The number of hydrogen-bond donors (Lipinski definition) is 2. The summed E-state index contributed by atoms with van der Waals surface area (Å²) in [6.07, 6.45) is 3.89. The molecule has 2 rings (SSSR count). The molecule has 1 saturated heterocycles.